The van der Waals surface area contributed by atoms with Crippen LogP contribution in [0.15, 0.2) is 18.2 Å². The number of halogens is 1. The van der Waals surface area contributed by atoms with Crippen molar-refractivity contribution < 1.29 is 4.79 Å². The summed E-state index contributed by atoms with van der Waals surface area (Å²) in [6.45, 7) is 4.14. The normalized spacial score (nSPS) is 13.2. The predicted octanol–water partition coefficient (Wildman–Crippen LogP) is 4.19. The third kappa shape index (κ3) is 3.56. The summed E-state index contributed by atoms with van der Waals surface area (Å²) < 4.78 is 1.88. The van der Waals surface area contributed by atoms with Gasteiger partial charge < -0.3 is 5.32 Å². The molecular formula is C17H20ClN3OS. The maximum absolute atomic E-state index is 12.2. The summed E-state index contributed by atoms with van der Waals surface area (Å²) in [5, 5.41) is 7.78. The molecule has 1 aliphatic rings. The summed E-state index contributed by atoms with van der Waals surface area (Å²) in [5.74, 6) is 3.10. The van der Waals surface area contributed by atoms with Crippen molar-refractivity contribution in [1.29, 1.82) is 0 Å². The highest BCUT2D eigenvalue weighted by molar-refractivity contribution is 7.98. The lowest BCUT2D eigenvalue weighted by molar-refractivity contribution is -0.116. The predicted molar refractivity (Wildman–Crippen MR) is 96.6 cm³/mol. The number of amides is 1. The van der Waals surface area contributed by atoms with E-state index in [1.54, 1.807) is 0 Å². The van der Waals surface area contributed by atoms with Gasteiger partial charge in [0.1, 0.15) is 5.82 Å². The number of rotatable bonds is 5. The molecule has 1 aliphatic heterocycles. The fourth-order valence-corrected chi connectivity index (χ4v) is 3.99. The Kier molecular flexibility index (Phi) is 4.97. The molecule has 2 heterocycles. The van der Waals surface area contributed by atoms with Crippen LogP contribution in [-0.2, 0) is 16.3 Å². The van der Waals surface area contributed by atoms with E-state index in [0.29, 0.717) is 18.7 Å². The van der Waals surface area contributed by atoms with E-state index in [1.165, 1.54) is 11.1 Å². The highest BCUT2D eigenvalue weighted by atomic mass is 35.5. The average molecular weight is 350 g/mol. The molecule has 1 aromatic carbocycles. The first-order valence-corrected chi connectivity index (χ1v) is 9.40. The topological polar surface area (TPSA) is 46.9 Å². The van der Waals surface area contributed by atoms with Crippen molar-refractivity contribution in [1.82, 2.24) is 9.78 Å². The number of aromatic nitrogens is 2. The second-order valence-corrected chi connectivity index (χ2v) is 7.23. The second kappa shape index (κ2) is 6.97. The van der Waals surface area contributed by atoms with E-state index in [1.807, 2.05) is 16.4 Å². The molecule has 0 atom stereocenters. The molecule has 0 fully saturated rings. The molecule has 6 heteroatoms. The van der Waals surface area contributed by atoms with Crippen LogP contribution in [0.1, 0.15) is 35.2 Å². The van der Waals surface area contributed by atoms with Gasteiger partial charge in [-0.1, -0.05) is 6.07 Å². The molecule has 0 saturated heterocycles. The fraction of sp³-hybridized carbons (Fsp3) is 0.412. The molecule has 1 N–H and O–H groups in total. The number of carbonyl (C=O) groups excluding carboxylic acids is 1. The van der Waals surface area contributed by atoms with Crippen molar-refractivity contribution in [3.8, 4) is 5.69 Å². The van der Waals surface area contributed by atoms with Crippen molar-refractivity contribution in [3.63, 3.8) is 0 Å². The highest BCUT2D eigenvalue weighted by Crippen LogP contribution is 2.36. The maximum Gasteiger partial charge on any atom is 0.225 e. The van der Waals surface area contributed by atoms with E-state index in [0.717, 1.165) is 34.3 Å². The Labute approximate surface area is 145 Å². The van der Waals surface area contributed by atoms with E-state index < -0.39 is 0 Å². The number of hydrogen-bond acceptors (Lipinski definition) is 3. The molecule has 0 unspecified atom stereocenters. The van der Waals surface area contributed by atoms with Crippen LogP contribution >= 0.6 is 23.4 Å². The van der Waals surface area contributed by atoms with E-state index >= 15 is 0 Å². The van der Waals surface area contributed by atoms with E-state index in [9.17, 15) is 4.79 Å². The molecule has 1 aromatic heterocycles. The molecule has 0 saturated carbocycles. The fourth-order valence-electron chi connectivity index (χ4n) is 2.82. The van der Waals surface area contributed by atoms with E-state index in [-0.39, 0.29) is 5.91 Å². The quantitative estimate of drug-likeness (QED) is 0.823. The van der Waals surface area contributed by atoms with E-state index in [4.69, 9.17) is 16.7 Å². The third-order valence-electron chi connectivity index (χ3n) is 3.80. The molecule has 2 aromatic rings. The number of nitrogens with one attached hydrogen (secondary N) is 1. The number of anilines is 1. The van der Waals surface area contributed by atoms with Crippen LogP contribution in [-0.4, -0.2) is 21.6 Å². The van der Waals surface area contributed by atoms with Gasteiger partial charge in [0.05, 0.1) is 11.4 Å². The molecular weight excluding hydrogens is 330 g/mol. The zero-order valence-corrected chi connectivity index (χ0v) is 14.9. The summed E-state index contributed by atoms with van der Waals surface area (Å²) in [6, 6.07) is 6.32. The lowest BCUT2D eigenvalue weighted by Crippen LogP contribution is -2.16. The minimum atomic E-state index is -0.00382. The minimum absolute atomic E-state index is 0.00382. The molecule has 0 aliphatic carbocycles. The number of fused-ring (bicyclic) bond motifs is 1. The number of aryl methyl sites for hydroxylation is 2. The zero-order chi connectivity index (χ0) is 16.4. The Morgan fingerprint density at radius 2 is 2.04 bits per heavy atom. The smallest absolute Gasteiger partial charge is 0.225 e. The lowest BCUT2D eigenvalue weighted by Gasteiger charge is -2.12. The van der Waals surface area contributed by atoms with Crippen LogP contribution in [0.4, 0.5) is 5.82 Å². The van der Waals surface area contributed by atoms with Crippen LogP contribution in [0.25, 0.3) is 5.69 Å². The van der Waals surface area contributed by atoms with Gasteiger partial charge in [-0.05, 0) is 43.5 Å². The van der Waals surface area contributed by atoms with Crippen LogP contribution < -0.4 is 5.32 Å². The molecule has 3 rings (SSSR count). The minimum Gasteiger partial charge on any atom is -0.310 e. The molecule has 122 valence electrons. The molecule has 23 heavy (non-hydrogen) atoms. The first kappa shape index (κ1) is 16.4. The Morgan fingerprint density at radius 3 is 2.74 bits per heavy atom. The summed E-state index contributed by atoms with van der Waals surface area (Å²) in [5.41, 5.74) is 5.58. The Bertz CT molecular complexity index is 721. The summed E-state index contributed by atoms with van der Waals surface area (Å²) >= 11 is 7.51. The van der Waals surface area contributed by atoms with Gasteiger partial charge in [0, 0.05) is 29.4 Å². The van der Waals surface area contributed by atoms with Gasteiger partial charge in [0.15, 0.2) is 0 Å². The molecule has 4 nitrogen and oxygen atoms in total. The molecule has 0 spiro atoms. The van der Waals surface area contributed by atoms with Gasteiger partial charge in [-0.3, -0.25) is 4.79 Å². The van der Waals surface area contributed by atoms with Crippen LogP contribution in [0.5, 0.6) is 0 Å². The van der Waals surface area contributed by atoms with Crippen LogP contribution in [0, 0.1) is 13.8 Å². The van der Waals surface area contributed by atoms with Crippen LogP contribution in [0.2, 0.25) is 0 Å². The van der Waals surface area contributed by atoms with Gasteiger partial charge in [0.2, 0.25) is 5.91 Å². The molecule has 0 radical (unpaired) electrons. The number of benzene rings is 1. The first-order chi connectivity index (χ1) is 11.1. The average Bonchev–Trinajstić information content (AvgIpc) is 3.07. The number of alkyl halides is 1. The van der Waals surface area contributed by atoms with Gasteiger partial charge in [-0.25, -0.2) is 4.68 Å². The lowest BCUT2D eigenvalue weighted by atomic mass is 10.1. The number of carbonyl (C=O) groups is 1. The number of nitrogens with zero attached hydrogens (tertiary/aromatic N) is 2. The van der Waals surface area contributed by atoms with Crippen LogP contribution in [0.3, 0.4) is 0 Å². The van der Waals surface area contributed by atoms with Crippen molar-refractivity contribution in [2.45, 2.75) is 38.2 Å². The largest absolute Gasteiger partial charge is 0.310 e. The SMILES string of the molecule is Cc1cc(C)cc(-n2nc3c(c2NC(=O)CCCCl)CSC3)c1. The maximum atomic E-state index is 12.2. The van der Waals surface area contributed by atoms with Crippen molar-refractivity contribution in [2.24, 2.45) is 0 Å². The Hall–Kier alpha value is -1.46. The summed E-state index contributed by atoms with van der Waals surface area (Å²) in [4.78, 5) is 12.2. The highest BCUT2D eigenvalue weighted by Gasteiger charge is 2.24. The second-order valence-electron chi connectivity index (χ2n) is 5.87. The van der Waals surface area contributed by atoms with Gasteiger partial charge in [0.25, 0.3) is 0 Å². The standard InChI is InChI=1S/C17H20ClN3OS/c1-11-6-12(2)8-13(7-11)21-17(19-16(22)4-3-5-18)14-9-23-10-15(14)20-21/h6-8H,3-5,9-10H2,1-2H3,(H,19,22). The summed E-state index contributed by atoms with van der Waals surface area (Å²) in [6.07, 6.45) is 1.12. The van der Waals surface area contributed by atoms with Gasteiger partial charge in [-0.15, -0.1) is 11.6 Å². The number of thioether (sulfide) groups is 1. The number of hydrogen-bond donors (Lipinski definition) is 1. The zero-order valence-electron chi connectivity index (χ0n) is 13.4. The monoisotopic (exact) mass is 349 g/mol. The molecule has 1 amide bonds. The van der Waals surface area contributed by atoms with Crippen molar-refractivity contribution in [2.75, 3.05) is 11.2 Å². The van der Waals surface area contributed by atoms with Crippen molar-refractivity contribution in [3.05, 3.63) is 40.6 Å². The first-order valence-electron chi connectivity index (χ1n) is 7.71. The molecule has 0 bridgehead atoms. The van der Waals surface area contributed by atoms with E-state index in [2.05, 4.69) is 37.4 Å². The third-order valence-corrected chi connectivity index (χ3v) is 5.04. The van der Waals surface area contributed by atoms with Gasteiger partial charge in [-0.2, -0.15) is 16.9 Å². The Morgan fingerprint density at radius 1 is 1.30 bits per heavy atom. The van der Waals surface area contributed by atoms with Gasteiger partial charge >= 0.3 is 0 Å². The van der Waals surface area contributed by atoms with Crippen molar-refractivity contribution >= 4 is 35.1 Å². The Balaban J connectivity index is 1.98. The summed E-state index contributed by atoms with van der Waals surface area (Å²) in [7, 11) is 0.